The number of benzene rings is 2. The first-order valence-electron chi connectivity index (χ1n) is 8.56. The summed E-state index contributed by atoms with van der Waals surface area (Å²) in [6, 6.07) is 11.2. The second kappa shape index (κ2) is 6.37. The van der Waals surface area contributed by atoms with Crippen molar-refractivity contribution in [2.45, 2.75) is 18.4 Å². The van der Waals surface area contributed by atoms with Crippen molar-refractivity contribution in [3.63, 3.8) is 0 Å². The maximum atomic E-state index is 11.6. The highest BCUT2D eigenvalue weighted by atomic mass is 16.6. The predicted octanol–water partition coefficient (Wildman–Crippen LogP) is 4.44. The van der Waals surface area contributed by atoms with E-state index in [1.54, 1.807) is 20.3 Å². The molecule has 134 valence electrons. The summed E-state index contributed by atoms with van der Waals surface area (Å²) in [5.41, 5.74) is 2.66. The van der Waals surface area contributed by atoms with E-state index >= 15 is 0 Å². The van der Waals surface area contributed by atoms with Crippen LogP contribution in [-0.4, -0.2) is 19.1 Å². The highest BCUT2D eigenvalue weighted by molar-refractivity contribution is 5.73. The maximum absolute atomic E-state index is 11.6. The van der Waals surface area contributed by atoms with E-state index in [9.17, 15) is 10.1 Å². The van der Waals surface area contributed by atoms with Crippen molar-refractivity contribution < 1.29 is 14.4 Å². The summed E-state index contributed by atoms with van der Waals surface area (Å²) < 4.78 is 10.9. The van der Waals surface area contributed by atoms with Crippen LogP contribution >= 0.6 is 0 Å². The van der Waals surface area contributed by atoms with Crippen LogP contribution in [0.1, 0.15) is 29.5 Å². The highest BCUT2D eigenvalue weighted by Crippen LogP contribution is 2.55. The molecule has 6 nitrogen and oxygen atoms in total. The molecule has 6 heteroatoms. The normalized spacial score (nSPS) is 22.9. The summed E-state index contributed by atoms with van der Waals surface area (Å²) in [6.45, 7) is 0. The van der Waals surface area contributed by atoms with Crippen molar-refractivity contribution in [3.8, 4) is 11.5 Å². The third-order valence-electron chi connectivity index (χ3n) is 5.33. The number of fused-ring (bicyclic) bond motifs is 3. The van der Waals surface area contributed by atoms with Crippen molar-refractivity contribution in [3.05, 3.63) is 69.8 Å². The lowest BCUT2D eigenvalue weighted by Gasteiger charge is -2.37. The molecule has 3 atom stereocenters. The van der Waals surface area contributed by atoms with Gasteiger partial charge in [0.2, 0.25) is 0 Å². The van der Waals surface area contributed by atoms with Gasteiger partial charge < -0.3 is 14.8 Å². The maximum Gasteiger partial charge on any atom is 0.275 e. The lowest BCUT2D eigenvalue weighted by atomic mass is 9.76. The number of rotatable bonds is 4. The van der Waals surface area contributed by atoms with Crippen LogP contribution in [0.3, 0.4) is 0 Å². The molecule has 0 radical (unpaired) electrons. The summed E-state index contributed by atoms with van der Waals surface area (Å²) in [6.07, 6.45) is 5.07. The molecule has 0 amide bonds. The van der Waals surface area contributed by atoms with E-state index in [0.29, 0.717) is 17.0 Å². The molecule has 0 bridgehead atoms. The molecular formula is C20H20N2O4. The van der Waals surface area contributed by atoms with Gasteiger partial charge in [0, 0.05) is 12.0 Å². The number of hydrogen-bond donors (Lipinski definition) is 1. The summed E-state index contributed by atoms with van der Waals surface area (Å²) >= 11 is 0. The number of methoxy groups -OCH3 is 2. The van der Waals surface area contributed by atoms with Crippen molar-refractivity contribution in [1.82, 2.24) is 0 Å². The standard InChI is InChI=1S/C20H20N2O4/c1-25-13-6-3-5-12(11-13)19-15-8-4-7-14(15)18-16(22(23)24)9-10-17(26-2)20(18)21-19/h3-7,9-11,14-15,19,21H,8H2,1-2H3/t14-,15-,19-/m0/s1. The first-order valence-corrected chi connectivity index (χ1v) is 8.56. The SMILES string of the molecule is COc1cccc([C@@H]2Nc3c(OC)ccc([N+](=O)[O-])c3[C@H]3C=CC[C@@H]32)c1. The molecule has 0 saturated carbocycles. The molecule has 0 fully saturated rings. The van der Waals surface area contributed by atoms with E-state index in [0.717, 1.165) is 17.7 Å². The van der Waals surface area contributed by atoms with Crippen molar-refractivity contribution in [1.29, 1.82) is 0 Å². The van der Waals surface area contributed by atoms with E-state index in [2.05, 4.69) is 23.5 Å². The minimum Gasteiger partial charge on any atom is -0.497 e. The fraction of sp³-hybridized carbons (Fsp3) is 0.300. The Hall–Kier alpha value is -3.02. The molecule has 2 aliphatic rings. The monoisotopic (exact) mass is 352 g/mol. The van der Waals surface area contributed by atoms with Gasteiger partial charge in [0.25, 0.3) is 5.69 Å². The Morgan fingerprint density at radius 3 is 2.77 bits per heavy atom. The zero-order valence-electron chi connectivity index (χ0n) is 14.6. The lowest BCUT2D eigenvalue weighted by molar-refractivity contribution is -0.385. The Morgan fingerprint density at radius 2 is 2.04 bits per heavy atom. The lowest BCUT2D eigenvalue weighted by Crippen LogP contribution is -2.30. The molecule has 1 aliphatic heterocycles. The first kappa shape index (κ1) is 16.4. The van der Waals surface area contributed by atoms with Crippen LogP contribution in [0, 0.1) is 16.0 Å². The van der Waals surface area contributed by atoms with Crippen LogP contribution < -0.4 is 14.8 Å². The van der Waals surface area contributed by atoms with E-state index in [1.165, 1.54) is 6.07 Å². The Labute approximate surface area is 151 Å². The van der Waals surface area contributed by atoms with E-state index < -0.39 is 0 Å². The molecule has 0 unspecified atom stereocenters. The number of nitro groups is 1. The Kier molecular flexibility index (Phi) is 4.03. The van der Waals surface area contributed by atoms with Gasteiger partial charge in [-0.15, -0.1) is 0 Å². The van der Waals surface area contributed by atoms with E-state index in [1.807, 2.05) is 18.2 Å². The zero-order valence-corrected chi connectivity index (χ0v) is 14.6. The molecule has 26 heavy (non-hydrogen) atoms. The third kappa shape index (κ3) is 2.49. The molecule has 0 spiro atoms. The first-order chi connectivity index (χ1) is 12.6. The molecule has 0 saturated heterocycles. The Morgan fingerprint density at radius 1 is 1.19 bits per heavy atom. The fourth-order valence-electron chi connectivity index (χ4n) is 4.16. The number of nitrogens with one attached hydrogen (secondary N) is 1. The largest absolute Gasteiger partial charge is 0.497 e. The average Bonchev–Trinajstić information content (AvgIpc) is 3.16. The predicted molar refractivity (Wildman–Crippen MR) is 99.0 cm³/mol. The number of allylic oxidation sites excluding steroid dienone is 2. The summed E-state index contributed by atoms with van der Waals surface area (Å²) in [5.74, 6) is 1.61. The highest BCUT2D eigenvalue weighted by Gasteiger charge is 2.42. The fourth-order valence-corrected chi connectivity index (χ4v) is 4.16. The number of nitro benzene ring substituents is 1. The van der Waals surface area contributed by atoms with Crippen molar-refractivity contribution in [2.75, 3.05) is 19.5 Å². The molecule has 1 N–H and O–H groups in total. The van der Waals surface area contributed by atoms with Crippen LogP contribution in [0.15, 0.2) is 48.6 Å². The second-order valence-electron chi connectivity index (χ2n) is 6.58. The summed E-state index contributed by atoms with van der Waals surface area (Å²) in [4.78, 5) is 11.3. The number of hydrogen-bond acceptors (Lipinski definition) is 5. The van der Waals surface area contributed by atoms with Crippen molar-refractivity contribution in [2.24, 2.45) is 5.92 Å². The van der Waals surface area contributed by atoms with E-state index in [4.69, 9.17) is 9.47 Å². The van der Waals surface area contributed by atoms with Crippen LogP contribution in [-0.2, 0) is 0 Å². The Balaban J connectivity index is 1.87. The van der Waals surface area contributed by atoms with Crippen LogP contribution in [0.25, 0.3) is 0 Å². The molecule has 1 heterocycles. The van der Waals surface area contributed by atoms with Gasteiger partial charge in [0.05, 0.1) is 36.4 Å². The minimum atomic E-state index is -0.310. The molecule has 1 aliphatic carbocycles. The average molecular weight is 352 g/mol. The topological polar surface area (TPSA) is 73.6 Å². The van der Waals surface area contributed by atoms with Gasteiger partial charge >= 0.3 is 0 Å². The number of anilines is 1. The summed E-state index contributed by atoms with van der Waals surface area (Å²) in [7, 11) is 3.23. The van der Waals surface area contributed by atoms with Gasteiger partial charge in [0.15, 0.2) is 0 Å². The molecule has 4 rings (SSSR count). The van der Waals surface area contributed by atoms with Crippen LogP contribution in [0.2, 0.25) is 0 Å². The van der Waals surface area contributed by atoms with Gasteiger partial charge in [-0.05, 0) is 36.1 Å². The van der Waals surface area contributed by atoms with E-state index in [-0.39, 0.29) is 28.5 Å². The van der Waals surface area contributed by atoms with Gasteiger partial charge in [-0.1, -0.05) is 24.3 Å². The quantitative estimate of drug-likeness (QED) is 0.500. The number of ether oxygens (including phenoxy) is 2. The van der Waals surface area contributed by atoms with Gasteiger partial charge in [-0.2, -0.15) is 0 Å². The molecule has 2 aromatic rings. The number of nitrogens with zero attached hydrogens (tertiary/aromatic N) is 1. The van der Waals surface area contributed by atoms with Gasteiger partial charge in [-0.25, -0.2) is 0 Å². The zero-order chi connectivity index (χ0) is 18.3. The van der Waals surface area contributed by atoms with Crippen LogP contribution in [0.5, 0.6) is 11.5 Å². The molecular weight excluding hydrogens is 332 g/mol. The molecule has 2 aromatic carbocycles. The summed E-state index contributed by atoms with van der Waals surface area (Å²) in [5, 5.41) is 15.1. The van der Waals surface area contributed by atoms with Gasteiger partial charge in [-0.3, -0.25) is 10.1 Å². The van der Waals surface area contributed by atoms with Crippen LogP contribution in [0.4, 0.5) is 11.4 Å². The minimum absolute atomic E-state index is 0.0158. The Bertz CT molecular complexity index is 893. The van der Waals surface area contributed by atoms with Gasteiger partial charge in [0.1, 0.15) is 11.5 Å². The molecule has 0 aromatic heterocycles. The van der Waals surface area contributed by atoms with Crippen molar-refractivity contribution >= 4 is 11.4 Å². The second-order valence-corrected chi connectivity index (χ2v) is 6.58. The smallest absolute Gasteiger partial charge is 0.275 e. The third-order valence-corrected chi connectivity index (χ3v) is 5.33.